The summed E-state index contributed by atoms with van der Waals surface area (Å²) in [5, 5.41) is 5.32. The van der Waals surface area contributed by atoms with E-state index in [0.717, 1.165) is 18.4 Å². The Hall–Kier alpha value is -1.61. The van der Waals surface area contributed by atoms with Gasteiger partial charge in [-0.15, -0.1) is 11.3 Å². The largest absolute Gasteiger partial charge is 0.348 e. The summed E-state index contributed by atoms with van der Waals surface area (Å²) < 4.78 is 0. The third-order valence-electron chi connectivity index (χ3n) is 3.89. The maximum atomic E-state index is 12.3. The molecule has 2 rings (SSSR count). The smallest absolute Gasteiger partial charge is 0.224 e. The molecule has 0 saturated heterocycles. The molecule has 1 unspecified atom stereocenters. The topological polar surface area (TPSA) is 29.1 Å². The highest BCUT2D eigenvalue weighted by Crippen LogP contribution is 2.30. The molecular formula is C18H23NOS. The fraction of sp³-hybridized carbons (Fsp3) is 0.389. The van der Waals surface area contributed by atoms with Crippen LogP contribution in [-0.4, -0.2) is 5.91 Å². The minimum atomic E-state index is 0.103. The first-order valence-corrected chi connectivity index (χ1v) is 8.49. The molecule has 0 aliphatic heterocycles. The van der Waals surface area contributed by atoms with E-state index in [2.05, 4.69) is 36.7 Å². The SMILES string of the molecule is CCC(CC)C(NC(=O)Cc1ccccc1)c1cccs1. The lowest BCUT2D eigenvalue weighted by molar-refractivity contribution is -0.121. The predicted molar refractivity (Wildman–Crippen MR) is 89.4 cm³/mol. The second kappa shape index (κ2) is 7.99. The van der Waals surface area contributed by atoms with Crippen LogP contribution in [0.25, 0.3) is 0 Å². The van der Waals surface area contributed by atoms with Gasteiger partial charge < -0.3 is 5.32 Å². The Morgan fingerprint density at radius 1 is 1.10 bits per heavy atom. The number of nitrogens with one attached hydrogen (secondary N) is 1. The highest BCUT2D eigenvalue weighted by atomic mass is 32.1. The van der Waals surface area contributed by atoms with Crippen LogP contribution < -0.4 is 5.32 Å². The van der Waals surface area contributed by atoms with Gasteiger partial charge in [-0.3, -0.25) is 4.79 Å². The minimum absolute atomic E-state index is 0.103. The molecule has 0 radical (unpaired) electrons. The van der Waals surface area contributed by atoms with Crippen molar-refractivity contribution in [1.82, 2.24) is 5.32 Å². The molecule has 3 heteroatoms. The third kappa shape index (κ3) is 4.43. The average molecular weight is 301 g/mol. The number of carbonyl (C=O) groups excluding carboxylic acids is 1. The highest BCUT2D eigenvalue weighted by Gasteiger charge is 2.23. The van der Waals surface area contributed by atoms with Gasteiger partial charge in [0, 0.05) is 4.88 Å². The van der Waals surface area contributed by atoms with Crippen molar-refractivity contribution >= 4 is 17.2 Å². The van der Waals surface area contributed by atoms with Crippen LogP contribution in [0.5, 0.6) is 0 Å². The Morgan fingerprint density at radius 2 is 1.81 bits per heavy atom. The van der Waals surface area contributed by atoms with E-state index in [0.29, 0.717) is 12.3 Å². The van der Waals surface area contributed by atoms with Gasteiger partial charge in [-0.05, 0) is 22.9 Å². The maximum Gasteiger partial charge on any atom is 0.224 e. The first-order chi connectivity index (χ1) is 10.2. The zero-order chi connectivity index (χ0) is 15.1. The van der Waals surface area contributed by atoms with Crippen molar-refractivity contribution in [3.05, 3.63) is 58.3 Å². The van der Waals surface area contributed by atoms with Crippen LogP contribution >= 0.6 is 11.3 Å². The Labute approximate surface area is 131 Å². The van der Waals surface area contributed by atoms with Gasteiger partial charge >= 0.3 is 0 Å². The van der Waals surface area contributed by atoms with Crippen molar-refractivity contribution in [2.75, 3.05) is 0 Å². The molecule has 0 bridgehead atoms. The molecule has 112 valence electrons. The number of benzene rings is 1. The highest BCUT2D eigenvalue weighted by molar-refractivity contribution is 7.10. The Balaban J connectivity index is 2.06. The summed E-state index contributed by atoms with van der Waals surface area (Å²) in [5.41, 5.74) is 1.06. The molecule has 0 aliphatic rings. The zero-order valence-electron chi connectivity index (χ0n) is 12.7. The number of carbonyl (C=O) groups is 1. The van der Waals surface area contributed by atoms with E-state index in [1.54, 1.807) is 11.3 Å². The number of thiophene rings is 1. The van der Waals surface area contributed by atoms with Gasteiger partial charge in [0.25, 0.3) is 0 Å². The third-order valence-corrected chi connectivity index (χ3v) is 4.85. The molecule has 1 aromatic heterocycles. The number of hydrogen-bond acceptors (Lipinski definition) is 2. The van der Waals surface area contributed by atoms with E-state index in [-0.39, 0.29) is 11.9 Å². The minimum Gasteiger partial charge on any atom is -0.348 e. The van der Waals surface area contributed by atoms with Gasteiger partial charge in [-0.2, -0.15) is 0 Å². The quantitative estimate of drug-likeness (QED) is 0.796. The van der Waals surface area contributed by atoms with Crippen LogP contribution in [0.1, 0.15) is 43.2 Å². The van der Waals surface area contributed by atoms with Crippen LogP contribution in [0.2, 0.25) is 0 Å². The zero-order valence-corrected chi connectivity index (χ0v) is 13.5. The van der Waals surface area contributed by atoms with Crippen LogP contribution in [0.15, 0.2) is 47.8 Å². The number of amides is 1. The Morgan fingerprint density at radius 3 is 2.38 bits per heavy atom. The molecule has 1 atom stereocenters. The van der Waals surface area contributed by atoms with Gasteiger partial charge in [-0.1, -0.05) is 63.1 Å². The average Bonchev–Trinajstić information content (AvgIpc) is 3.02. The molecule has 0 saturated carbocycles. The molecule has 0 fully saturated rings. The van der Waals surface area contributed by atoms with Crippen LogP contribution in [0.3, 0.4) is 0 Å². The lowest BCUT2D eigenvalue weighted by Crippen LogP contribution is -2.33. The van der Waals surface area contributed by atoms with Gasteiger partial charge in [0.1, 0.15) is 0 Å². The van der Waals surface area contributed by atoms with E-state index < -0.39 is 0 Å². The summed E-state index contributed by atoms with van der Waals surface area (Å²) in [4.78, 5) is 13.6. The van der Waals surface area contributed by atoms with E-state index in [1.165, 1.54) is 4.88 Å². The molecule has 1 aromatic carbocycles. The number of hydrogen-bond donors (Lipinski definition) is 1. The molecule has 0 spiro atoms. The van der Waals surface area contributed by atoms with Crippen molar-refractivity contribution in [3.63, 3.8) is 0 Å². The standard InChI is InChI=1S/C18H23NOS/c1-3-15(4-2)18(16-11-8-12-21-16)19-17(20)13-14-9-6-5-7-10-14/h5-12,15,18H,3-4,13H2,1-2H3,(H,19,20). The summed E-state index contributed by atoms with van der Waals surface area (Å²) in [6, 6.07) is 14.2. The first-order valence-electron chi connectivity index (χ1n) is 7.61. The molecular weight excluding hydrogens is 278 g/mol. The van der Waals surface area contributed by atoms with Gasteiger partial charge in [-0.25, -0.2) is 0 Å². The van der Waals surface area contributed by atoms with Crippen LogP contribution in [-0.2, 0) is 11.2 Å². The van der Waals surface area contributed by atoms with Gasteiger partial charge in [0.2, 0.25) is 5.91 Å². The van der Waals surface area contributed by atoms with Crippen molar-refractivity contribution in [2.24, 2.45) is 5.92 Å². The summed E-state index contributed by atoms with van der Waals surface area (Å²) in [5.74, 6) is 0.592. The lowest BCUT2D eigenvalue weighted by Gasteiger charge is -2.25. The van der Waals surface area contributed by atoms with E-state index in [4.69, 9.17) is 0 Å². The molecule has 2 nitrogen and oxygen atoms in total. The van der Waals surface area contributed by atoms with Gasteiger partial charge in [0.15, 0.2) is 0 Å². The molecule has 1 heterocycles. The maximum absolute atomic E-state index is 12.3. The fourth-order valence-electron chi connectivity index (χ4n) is 2.66. The van der Waals surface area contributed by atoms with Gasteiger partial charge in [0.05, 0.1) is 12.5 Å². The molecule has 2 aromatic rings. The second-order valence-electron chi connectivity index (χ2n) is 5.30. The molecule has 21 heavy (non-hydrogen) atoms. The first kappa shape index (κ1) is 15.8. The fourth-order valence-corrected chi connectivity index (χ4v) is 3.52. The lowest BCUT2D eigenvalue weighted by atomic mass is 9.92. The summed E-state index contributed by atoms with van der Waals surface area (Å²) >= 11 is 1.72. The van der Waals surface area contributed by atoms with Crippen LogP contribution in [0.4, 0.5) is 0 Å². The molecule has 1 amide bonds. The summed E-state index contributed by atoms with van der Waals surface area (Å²) in [7, 11) is 0. The Bertz CT molecular complexity index is 532. The van der Waals surface area contributed by atoms with Crippen LogP contribution in [0, 0.1) is 5.92 Å². The molecule has 1 N–H and O–H groups in total. The normalized spacial score (nSPS) is 12.3. The summed E-state index contributed by atoms with van der Waals surface area (Å²) in [6.07, 6.45) is 2.60. The van der Waals surface area contributed by atoms with E-state index >= 15 is 0 Å². The van der Waals surface area contributed by atoms with E-state index in [1.807, 2.05) is 30.3 Å². The molecule has 0 aliphatic carbocycles. The number of rotatable bonds is 7. The van der Waals surface area contributed by atoms with Crippen molar-refractivity contribution in [1.29, 1.82) is 0 Å². The van der Waals surface area contributed by atoms with E-state index in [9.17, 15) is 4.79 Å². The van der Waals surface area contributed by atoms with Crippen molar-refractivity contribution in [2.45, 2.75) is 39.2 Å². The predicted octanol–water partition coefficient (Wildman–Crippen LogP) is 4.58. The second-order valence-corrected chi connectivity index (χ2v) is 6.28. The Kier molecular flexibility index (Phi) is 6.00. The summed E-state index contributed by atoms with van der Waals surface area (Å²) in [6.45, 7) is 4.39. The van der Waals surface area contributed by atoms with Crippen molar-refractivity contribution < 1.29 is 4.79 Å². The van der Waals surface area contributed by atoms with Crippen molar-refractivity contribution in [3.8, 4) is 0 Å². The monoisotopic (exact) mass is 301 g/mol.